The van der Waals surface area contributed by atoms with Gasteiger partial charge in [-0.3, -0.25) is 5.32 Å². The predicted octanol–water partition coefficient (Wildman–Crippen LogP) is -3.14. The Balaban J connectivity index is 0.00000147. The summed E-state index contributed by atoms with van der Waals surface area (Å²) in [7, 11) is -2.84. The SMILES string of the molecule is O=S1(=O)CC2[NH2+]/C(=N\N=C/c3ccccc3)SC2C1.[Br-]. The van der Waals surface area contributed by atoms with E-state index in [1.165, 1.54) is 11.8 Å². The Morgan fingerprint density at radius 1 is 1.25 bits per heavy atom. The Labute approximate surface area is 132 Å². The molecule has 108 valence electrons. The number of halogens is 1. The second-order valence-electron chi connectivity index (χ2n) is 4.66. The molecule has 2 fully saturated rings. The standard InChI is InChI=1S/C12H13N3O2S2.BrH/c16-19(17)7-10-11(8-19)18-12(14-10)15-13-6-9-4-2-1-3-5-9;/h1-6,10-11H,7-8H2,(H,14,15);1H/b13-6-;. The second kappa shape index (κ2) is 6.38. The van der Waals surface area contributed by atoms with Crippen molar-refractivity contribution in [1.82, 2.24) is 0 Å². The number of rotatable bonds is 2. The summed E-state index contributed by atoms with van der Waals surface area (Å²) >= 11 is 1.52. The fourth-order valence-corrected chi connectivity index (χ4v) is 6.07. The average Bonchev–Trinajstić information content (AvgIpc) is 2.83. The van der Waals surface area contributed by atoms with Gasteiger partial charge in [0.2, 0.25) is 0 Å². The fraction of sp³-hybridized carbons (Fsp3) is 0.333. The molecule has 0 radical (unpaired) electrons. The molecule has 0 aromatic heterocycles. The number of fused-ring (bicyclic) bond motifs is 1. The van der Waals surface area contributed by atoms with Crippen LogP contribution in [0, 0.1) is 0 Å². The van der Waals surface area contributed by atoms with E-state index in [1.54, 1.807) is 6.21 Å². The van der Waals surface area contributed by atoms with Crippen molar-refractivity contribution in [2.24, 2.45) is 10.2 Å². The van der Waals surface area contributed by atoms with E-state index in [0.29, 0.717) is 0 Å². The Morgan fingerprint density at radius 3 is 2.70 bits per heavy atom. The zero-order valence-electron chi connectivity index (χ0n) is 10.5. The van der Waals surface area contributed by atoms with Gasteiger partial charge in [-0.15, -0.1) is 0 Å². The lowest BCUT2D eigenvalue weighted by Crippen LogP contribution is -3.00. The molecule has 3 rings (SSSR count). The molecule has 2 aliphatic rings. The van der Waals surface area contributed by atoms with E-state index < -0.39 is 9.84 Å². The minimum atomic E-state index is -2.84. The average molecular weight is 376 g/mol. The van der Waals surface area contributed by atoms with Crippen molar-refractivity contribution in [3.63, 3.8) is 0 Å². The molecule has 0 spiro atoms. The summed E-state index contributed by atoms with van der Waals surface area (Å²) in [5, 5.41) is 11.1. The molecule has 0 aliphatic carbocycles. The quantitative estimate of drug-likeness (QED) is 0.438. The highest BCUT2D eigenvalue weighted by Gasteiger charge is 2.47. The summed E-state index contributed by atoms with van der Waals surface area (Å²) in [5.74, 6) is 0.520. The number of thioether (sulfide) groups is 1. The highest BCUT2D eigenvalue weighted by atomic mass is 79.9. The summed E-state index contributed by atoms with van der Waals surface area (Å²) in [6.07, 6.45) is 1.70. The molecule has 1 aromatic rings. The molecule has 5 nitrogen and oxygen atoms in total. The van der Waals surface area contributed by atoms with Gasteiger partial charge in [0, 0.05) is 0 Å². The summed E-state index contributed by atoms with van der Waals surface area (Å²) in [6.45, 7) is 0. The minimum absolute atomic E-state index is 0. The third kappa shape index (κ3) is 3.69. The van der Waals surface area contributed by atoms with E-state index in [4.69, 9.17) is 0 Å². The lowest BCUT2D eigenvalue weighted by atomic mass is 10.2. The van der Waals surface area contributed by atoms with Crippen LogP contribution in [0.4, 0.5) is 0 Å². The van der Waals surface area contributed by atoms with Crippen LogP contribution in [0.2, 0.25) is 0 Å². The van der Waals surface area contributed by atoms with Gasteiger partial charge in [0.15, 0.2) is 9.84 Å². The van der Waals surface area contributed by atoms with Gasteiger partial charge in [-0.25, -0.2) is 8.42 Å². The molecule has 2 unspecified atom stereocenters. The molecule has 2 heterocycles. The van der Waals surface area contributed by atoms with Crippen molar-refractivity contribution >= 4 is 33.0 Å². The van der Waals surface area contributed by atoms with Gasteiger partial charge in [-0.2, -0.15) is 5.10 Å². The smallest absolute Gasteiger partial charge is 0.280 e. The van der Waals surface area contributed by atoms with Gasteiger partial charge in [0.25, 0.3) is 5.17 Å². The molecular weight excluding hydrogens is 362 g/mol. The largest absolute Gasteiger partial charge is 1.00 e. The van der Waals surface area contributed by atoms with Crippen LogP contribution >= 0.6 is 11.8 Å². The van der Waals surface area contributed by atoms with Crippen LogP contribution in [0.15, 0.2) is 40.5 Å². The van der Waals surface area contributed by atoms with E-state index in [2.05, 4.69) is 10.2 Å². The number of benzene rings is 1. The number of nitrogens with two attached hydrogens (primary N) is 1. The molecule has 0 saturated carbocycles. The highest BCUT2D eigenvalue weighted by Crippen LogP contribution is 2.26. The molecule has 0 bridgehead atoms. The van der Waals surface area contributed by atoms with Crippen LogP contribution in [0.25, 0.3) is 0 Å². The van der Waals surface area contributed by atoms with Crippen LogP contribution in [0.5, 0.6) is 0 Å². The van der Waals surface area contributed by atoms with E-state index in [9.17, 15) is 8.42 Å². The van der Waals surface area contributed by atoms with Gasteiger partial charge in [-0.05, 0) is 17.3 Å². The molecular formula is C12H14BrN3O2S2. The summed E-state index contributed by atoms with van der Waals surface area (Å²) in [5.41, 5.74) is 0.998. The van der Waals surface area contributed by atoms with Crippen molar-refractivity contribution < 1.29 is 30.7 Å². The van der Waals surface area contributed by atoms with Crippen LogP contribution in [-0.4, -0.2) is 42.6 Å². The molecule has 0 amide bonds. The van der Waals surface area contributed by atoms with Gasteiger partial charge < -0.3 is 17.0 Å². The number of nitrogens with zero attached hydrogens (tertiary/aromatic N) is 2. The van der Waals surface area contributed by atoms with Gasteiger partial charge >= 0.3 is 0 Å². The summed E-state index contributed by atoms with van der Waals surface area (Å²) in [4.78, 5) is 0. The molecule has 1 aromatic carbocycles. The number of quaternary nitrogens is 1. The first-order chi connectivity index (χ1) is 9.12. The fourth-order valence-electron chi connectivity index (χ4n) is 2.25. The Bertz CT molecular complexity index is 609. The molecule has 2 atom stereocenters. The van der Waals surface area contributed by atoms with Crippen LogP contribution < -0.4 is 22.3 Å². The monoisotopic (exact) mass is 375 g/mol. The summed E-state index contributed by atoms with van der Waals surface area (Å²) < 4.78 is 22.9. The van der Waals surface area contributed by atoms with E-state index in [0.717, 1.165) is 10.7 Å². The van der Waals surface area contributed by atoms with Crippen molar-refractivity contribution in [3.05, 3.63) is 35.9 Å². The Hall–Kier alpha value is -0.700. The third-order valence-electron chi connectivity index (χ3n) is 3.13. The Morgan fingerprint density at radius 2 is 2.00 bits per heavy atom. The van der Waals surface area contributed by atoms with Gasteiger partial charge in [0.1, 0.15) is 11.8 Å². The predicted molar refractivity (Wildman–Crippen MR) is 77.2 cm³/mol. The van der Waals surface area contributed by atoms with Crippen molar-refractivity contribution in [2.45, 2.75) is 11.3 Å². The van der Waals surface area contributed by atoms with Gasteiger partial charge in [-0.1, -0.05) is 35.4 Å². The number of hydrogen-bond donors (Lipinski definition) is 1. The van der Waals surface area contributed by atoms with E-state index in [1.807, 2.05) is 35.6 Å². The number of sulfone groups is 1. The lowest BCUT2D eigenvalue weighted by molar-refractivity contribution is -0.563. The lowest BCUT2D eigenvalue weighted by Gasteiger charge is -1.96. The first kappa shape index (κ1) is 15.7. The van der Waals surface area contributed by atoms with Crippen molar-refractivity contribution in [3.8, 4) is 0 Å². The normalized spacial score (nSPS) is 29.5. The minimum Gasteiger partial charge on any atom is -1.00 e. The van der Waals surface area contributed by atoms with Crippen molar-refractivity contribution in [1.29, 1.82) is 0 Å². The maximum absolute atomic E-state index is 11.4. The second-order valence-corrected chi connectivity index (χ2v) is 8.07. The third-order valence-corrected chi connectivity index (χ3v) is 6.38. The van der Waals surface area contributed by atoms with Crippen LogP contribution in [0.1, 0.15) is 5.56 Å². The topological polar surface area (TPSA) is 75.5 Å². The maximum atomic E-state index is 11.4. The molecule has 2 aliphatic heterocycles. The molecule has 20 heavy (non-hydrogen) atoms. The molecule has 8 heteroatoms. The number of hydrogen-bond acceptors (Lipinski definition) is 5. The molecule has 2 saturated heterocycles. The molecule has 2 N–H and O–H groups in total. The van der Waals surface area contributed by atoms with E-state index >= 15 is 0 Å². The van der Waals surface area contributed by atoms with Gasteiger partial charge in [0.05, 0.1) is 17.2 Å². The van der Waals surface area contributed by atoms with Crippen LogP contribution in [0.3, 0.4) is 0 Å². The van der Waals surface area contributed by atoms with Crippen molar-refractivity contribution in [2.75, 3.05) is 11.5 Å². The highest BCUT2D eigenvalue weighted by molar-refractivity contribution is 8.15. The van der Waals surface area contributed by atoms with E-state index in [-0.39, 0.29) is 39.8 Å². The first-order valence-electron chi connectivity index (χ1n) is 6.00. The Kier molecular flexibility index (Phi) is 5.00. The first-order valence-corrected chi connectivity index (χ1v) is 8.70. The van der Waals surface area contributed by atoms with Crippen LogP contribution in [-0.2, 0) is 9.84 Å². The zero-order chi connectivity index (χ0) is 13.3. The summed E-state index contributed by atoms with van der Waals surface area (Å²) in [6, 6.07) is 9.86. The maximum Gasteiger partial charge on any atom is 0.280 e. The zero-order valence-corrected chi connectivity index (χ0v) is 13.7. The number of amidine groups is 1.